The zero-order valence-electron chi connectivity index (χ0n) is 15.7. The Morgan fingerprint density at radius 2 is 1.69 bits per heavy atom. The van der Waals surface area contributed by atoms with Gasteiger partial charge in [0.05, 0.1) is 11.5 Å². The van der Waals surface area contributed by atoms with Crippen LogP contribution >= 0.6 is 0 Å². The second-order valence-corrected chi connectivity index (χ2v) is 6.10. The second-order valence-electron chi connectivity index (χ2n) is 6.10. The van der Waals surface area contributed by atoms with Crippen LogP contribution in [0.1, 0.15) is 59.3 Å². The number of unbranched alkanes of at least 4 members (excludes halogenated alkanes) is 3. The number of carbonyl (C=O) groups excluding carboxylic acids is 2. The molecule has 0 atom stereocenters. The average molecular weight is 365 g/mol. The highest BCUT2D eigenvalue weighted by Gasteiger charge is 2.46. The molecule has 0 N–H and O–H groups in total. The van der Waals surface area contributed by atoms with Crippen molar-refractivity contribution in [2.24, 2.45) is 5.41 Å². The van der Waals surface area contributed by atoms with Gasteiger partial charge in [-0.05, 0) is 25.3 Å². The Morgan fingerprint density at radius 1 is 1.04 bits per heavy atom. The van der Waals surface area contributed by atoms with Gasteiger partial charge < -0.3 is 9.47 Å². The number of nitrogens with zero attached hydrogens (tertiary/aromatic N) is 1. The van der Waals surface area contributed by atoms with Crippen molar-refractivity contribution in [2.75, 3.05) is 6.61 Å². The van der Waals surface area contributed by atoms with Gasteiger partial charge in [-0.2, -0.15) is 0 Å². The van der Waals surface area contributed by atoms with Crippen molar-refractivity contribution in [3.8, 4) is 5.75 Å². The lowest BCUT2D eigenvalue weighted by atomic mass is 9.82. The Balaban J connectivity index is 2.89. The van der Waals surface area contributed by atoms with Crippen LogP contribution < -0.4 is 4.74 Å². The number of para-hydroxylation sites is 2. The molecule has 0 aliphatic rings. The molecule has 7 nitrogen and oxygen atoms in total. The first-order valence-electron chi connectivity index (χ1n) is 9.05. The third-order valence-electron chi connectivity index (χ3n) is 4.48. The molecule has 0 fully saturated rings. The molecule has 0 unspecified atom stereocenters. The monoisotopic (exact) mass is 365 g/mol. The van der Waals surface area contributed by atoms with Crippen LogP contribution in [0.3, 0.4) is 0 Å². The van der Waals surface area contributed by atoms with E-state index in [1.165, 1.54) is 24.3 Å². The number of carbonyl (C=O) groups is 2. The lowest BCUT2D eigenvalue weighted by molar-refractivity contribution is -0.385. The van der Waals surface area contributed by atoms with E-state index in [4.69, 9.17) is 9.47 Å². The molecular formula is C19H27NO6. The van der Waals surface area contributed by atoms with Crippen molar-refractivity contribution in [1.29, 1.82) is 0 Å². The summed E-state index contributed by atoms with van der Waals surface area (Å²) in [5.41, 5.74) is -1.79. The molecule has 7 heteroatoms. The summed E-state index contributed by atoms with van der Waals surface area (Å²) in [6, 6.07) is 5.59. The van der Waals surface area contributed by atoms with Crippen molar-refractivity contribution in [1.82, 2.24) is 0 Å². The third kappa shape index (κ3) is 5.28. The van der Waals surface area contributed by atoms with Crippen LogP contribution in [0.4, 0.5) is 5.69 Å². The van der Waals surface area contributed by atoms with E-state index in [0.29, 0.717) is 0 Å². The van der Waals surface area contributed by atoms with Gasteiger partial charge in [0, 0.05) is 6.07 Å². The fourth-order valence-electron chi connectivity index (χ4n) is 2.63. The molecule has 0 saturated heterocycles. The molecule has 1 aromatic carbocycles. The topological polar surface area (TPSA) is 95.7 Å². The Morgan fingerprint density at radius 3 is 2.27 bits per heavy atom. The first-order chi connectivity index (χ1) is 12.4. The predicted octanol–water partition coefficient (Wildman–Crippen LogP) is 4.43. The Labute approximate surface area is 153 Å². The van der Waals surface area contributed by atoms with Gasteiger partial charge >= 0.3 is 17.6 Å². The van der Waals surface area contributed by atoms with Gasteiger partial charge in [0.2, 0.25) is 5.75 Å². The van der Waals surface area contributed by atoms with Gasteiger partial charge in [-0.25, -0.2) is 0 Å². The summed E-state index contributed by atoms with van der Waals surface area (Å²) in [5.74, 6) is -1.64. The maximum atomic E-state index is 12.7. The number of nitro groups is 1. The highest BCUT2D eigenvalue weighted by atomic mass is 16.6. The fourth-order valence-corrected chi connectivity index (χ4v) is 2.63. The van der Waals surface area contributed by atoms with Gasteiger partial charge in [0.1, 0.15) is 0 Å². The van der Waals surface area contributed by atoms with E-state index in [2.05, 4.69) is 6.92 Å². The molecule has 0 spiro atoms. The molecule has 0 heterocycles. The maximum Gasteiger partial charge on any atom is 0.329 e. The van der Waals surface area contributed by atoms with Crippen LogP contribution in [0.15, 0.2) is 24.3 Å². The molecule has 0 aromatic heterocycles. The maximum absolute atomic E-state index is 12.7. The summed E-state index contributed by atoms with van der Waals surface area (Å²) in [5, 5.41) is 11.1. The van der Waals surface area contributed by atoms with Gasteiger partial charge in [0.25, 0.3) is 0 Å². The number of benzene rings is 1. The number of rotatable bonds is 11. The lowest BCUT2D eigenvalue weighted by Gasteiger charge is -2.26. The van der Waals surface area contributed by atoms with Gasteiger partial charge in [-0.15, -0.1) is 0 Å². The van der Waals surface area contributed by atoms with Gasteiger partial charge in [-0.1, -0.05) is 52.2 Å². The van der Waals surface area contributed by atoms with E-state index >= 15 is 0 Å². The van der Waals surface area contributed by atoms with Crippen molar-refractivity contribution < 1.29 is 24.0 Å². The number of ether oxygens (including phenoxy) is 2. The summed E-state index contributed by atoms with van der Waals surface area (Å²) < 4.78 is 10.5. The van der Waals surface area contributed by atoms with Crippen molar-refractivity contribution in [3.05, 3.63) is 34.4 Å². The van der Waals surface area contributed by atoms with Crippen LogP contribution in [0.2, 0.25) is 0 Å². The van der Waals surface area contributed by atoms with E-state index in [1.807, 2.05) is 0 Å². The minimum Gasteiger partial charge on any atom is -0.465 e. The molecule has 144 valence electrons. The largest absolute Gasteiger partial charge is 0.465 e. The summed E-state index contributed by atoms with van der Waals surface area (Å²) in [6.07, 6.45) is 4.21. The lowest BCUT2D eigenvalue weighted by Crippen LogP contribution is -2.42. The van der Waals surface area contributed by atoms with Gasteiger partial charge in [-0.3, -0.25) is 19.7 Å². The van der Waals surface area contributed by atoms with Crippen molar-refractivity contribution >= 4 is 17.6 Å². The molecule has 0 radical (unpaired) electrons. The van der Waals surface area contributed by atoms with Crippen molar-refractivity contribution in [3.63, 3.8) is 0 Å². The van der Waals surface area contributed by atoms with Gasteiger partial charge in [0.15, 0.2) is 5.41 Å². The van der Waals surface area contributed by atoms with E-state index in [-0.39, 0.29) is 30.9 Å². The van der Waals surface area contributed by atoms with Crippen LogP contribution in [-0.2, 0) is 14.3 Å². The number of nitro benzene ring substituents is 1. The molecular weight excluding hydrogens is 338 g/mol. The molecule has 1 aromatic rings. The molecule has 1 rings (SSSR count). The second kappa shape index (κ2) is 10.5. The van der Waals surface area contributed by atoms with Crippen LogP contribution in [0.5, 0.6) is 5.75 Å². The summed E-state index contributed by atoms with van der Waals surface area (Å²) in [6.45, 7) is 5.73. The Bertz CT molecular complexity index is 624. The SMILES string of the molecule is CCCCCCOC(=O)C(CC)(CC)C(=O)Oc1ccccc1[N+](=O)[O-]. The van der Waals surface area contributed by atoms with Crippen LogP contribution in [0.25, 0.3) is 0 Å². The molecule has 0 amide bonds. The van der Waals surface area contributed by atoms with E-state index in [0.717, 1.165) is 25.7 Å². The normalized spacial score (nSPS) is 11.0. The number of hydrogen-bond donors (Lipinski definition) is 0. The summed E-state index contributed by atoms with van der Waals surface area (Å²) >= 11 is 0. The van der Waals surface area contributed by atoms with E-state index in [1.54, 1.807) is 13.8 Å². The minimum atomic E-state index is -1.46. The van der Waals surface area contributed by atoms with Crippen LogP contribution in [0, 0.1) is 15.5 Å². The molecule has 0 bridgehead atoms. The first kappa shape index (κ1) is 21.6. The molecule has 26 heavy (non-hydrogen) atoms. The highest BCUT2D eigenvalue weighted by Crippen LogP contribution is 2.33. The van der Waals surface area contributed by atoms with Crippen LogP contribution in [-0.4, -0.2) is 23.5 Å². The average Bonchev–Trinajstić information content (AvgIpc) is 2.63. The third-order valence-corrected chi connectivity index (χ3v) is 4.48. The zero-order valence-corrected chi connectivity index (χ0v) is 15.7. The number of esters is 2. The number of hydrogen-bond acceptors (Lipinski definition) is 6. The quantitative estimate of drug-likeness (QED) is 0.144. The molecule has 0 aliphatic carbocycles. The Kier molecular flexibility index (Phi) is 8.75. The fraction of sp³-hybridized carbons (Fsp3) is 0.579. The first-order valence-corrected chi connectivity index (χ1v) is 9.05. The Hall–Kier alpha value is -2.44. The summed E-state index contributed by atoms with van der Waals surface area (Å²) in [7, 11) is 0. The molecule has 0 saturated carbocycles. The highest BCUT2D eigenvalue weighted by molar-refractivity contribution is 6.01. The standard InChI is InChI=1S/C19H27NO6/c1-4-7-8-11-14-25-17(21)19(5-2,6-3)18(22)26-16-13-10-9-12-15(16)20(23)24/h9-10,12-13H,4-8,11,14H2,1-3H3. The van der Waals surface area contributed by atoms with Crippen molar-refractivity contribution in [2.45, 2.75) is 59.3 Å². The van der Waals surface area contributed by atoms with E-state index < -0.39 is 22.3 Å². The predicted molar refractivity (Wildman–Crippen MR) is 96.8 cm³/mol. The smallest absolute Gasteiger partial charge is 0.329 e. The molecule has 0 aliphatic heterocycles. The zero-order chi connectivity index (χ0) is 19.6. The minimum absolute atomic E-state index is 0.176. The summed E-state index contributed by atoms with van der Waals surface area (Å²) in [4.78, 5) is 35.7. The van der Waals surface area contributed by atoms with E-state index in [9.17, 15) is 19.7 Å².